The molecule has 0 spiro atoms. The lowest BCUT2D eigenvalue weighted by atomic mass is 10.1. The average molecular weight is 263 g/mol. The molecule has 5 heteroatoms. The minimum Gasteiger partial charge on any atom is -0.317 e. The SMILES string of the molecule is Cc1cc2c(cc1S)[nH]c(=O)n2C1CCNCC1. The van der Waals surface area contributed by atoms with Gasteiger partial charge in [0.1, 0.15) is 0 Å². The molecule has 0 amide bonds. The number of hydrogen-bond acceptors (Lipinski definition) is 3. The largest absolute Gasteiger partial charge is 0.326 e. The summed E-state index contributed by atoms with van der Waals surface area (Å²) in [6.07, 6.45) is 2.02. The number of nitrogens with zero attached hydrogens (tertiary/aromatic N) is 1. The van der Waals surface area contributed by atoms with Gasteiger partial charge in [0.25, 0.3) is 0 Å². The minimum absolute atomic E-state index is 0.00441. The third-order valence-electron chi connectivity index (χ3n) is 3.71. The Bertz CT molecular complexity index is 637. The van der Waals surface area contributed by atoms with Crippen molar-refractivity contribution in [2.24, 2.45) is 0 Å². The van der Waals surface area contributed by atoms with Gasteiger partial charge in [-0.05, 0) is 50.6 Å². The fourth-order valence-corrected chi connectivity index (χ4v) is 2.89. The number of nitrogens with one attached hydrogen (secondary N) is 2. The van der Waals surface area contributed by atoms with E-state index in [-0.39, 0.29) is 5.69 Å². The van der Waals surface area contributed by atoms with E-state index in [0.29, 0.717) is 6.04 Å². The number of fused-ring (bicyclic) bond motifs is 1. The van der Waals surface area contributed by atoms with Gasteiger partial charge in [-0.2, -0.15) is 0 Å². The molecule has 2 heterocycles. The van der Waals surface area contributed by atoms with Crippen molar-refractivity contribution >= 4 is 23.7 Å². The lowest BCUT2D eigenvalue weighted by Gasteiger charge is -2.23. The molecule has 0 aliphatic carbocycles. The molecule has 0 bridgehead atoms. The maximum absolute atomic E-state index is 12.1. The summed E-state index contributed by atoms with van der Waals surface area (Å²) in [6.45, 7) is 3.98. The first-order valence-electron chi connectivity index (χ1n) is 6.31. The lowest BCUT2D eigenvalue weighted by molar-refractivity contribution is 0.368. The predicted octanol–water partition coefficient (Wildman–Crippen LogP) is 1.85. The zero-order chi connectivity index (χ0) is 12.7. The molecule has 4 nitrogen and oxygen atoms in total. The number of aromatic amines is 1. The Labute approximate surface area is 111 Å². The highest BCUT2D eigenvalue weighted by Crippen LogP contribution is 2.25. The summed E-state index contributed by atoms with van der Waals surface area (Å²) in [5.74, 6) is 0. The molecule has 2 aromatic rings. The summed E-state index contributed by atoms with van der Waals surface area (Å²) in [5, 5.41) is 3.33. The number of aryl methyl sites for hydroxylation is 1. The number of rotatable bonds is 1. The number of H-pyrrole nitrogens is 1. The van der Waals surface area contributed by atoms with Crippen molar-refractivity contribution in [3.63, 3.8) is 0 Å². The van der Waals surface area contributed by atoms with Crippen LogP contribution in [0.1, 0.15) is 24.4 Å². The molecule has 1 aromatic heterocycles. The molecule has 2 N–H and O–H groups in total. The molecule has 1 aliphatic heterocycles. The van der Waals surface area contributed by atoms with Crippen molar-refractivity contribution in [3.8, 4) is 0 Å². The van der Waals surface area contributed by atoms with Crippen LogP contribution in [0.4, 0.5) is 0 Å². The van der Waals surface area contributed by atoms with E-state index < -0.39 is 0 Å². The lowest BCUT2D eigenvalue weighted by Crippen LogP contribution is -2.33. The molecule has 0 radical (unpaired) electrons. The Kier molecular flexibility index (Phi) is 2.95. The zero-order valence-electron chi connectivity index (χ0n) is 10.4. The molecule has 96 valence electrons. The molecule has 1 fully saturated rings. The molecule has 0 unspecified atom stereocenters. The van der Waals surface area contributed by atoms with Crippen molar-refractivity contribution in [3.05, 3.63) is 28.2 Å². The molecule has 1 aromatic carbocycles. The maximum atomic E-state index is 12.1. The summed E-state index contributed by atoms with van der Waals surface area (Å²) < 4.78 is 1.91. The summed E-state index contributed by atoms with van der Waals surface area (Å²) in [5.41, 5.74) is 2.99. The van der Waals surface area contributed by atoms with Gasteiger partial charge < -0.3 is 10.3 Å². The number of benzene rings is 1. The first kappa shape index (κ1) is 11.9. The number of thiol groups is 1. The van der Waals surface area contributed by atoms with E-state index in [2.05, 4.69) is 29.0 Å². The van der Waals surface area contributed by atoms with Crippen LogP contribution in [0.3, 0.4) is 0 Å². The van der Waals surface area contributed by atoms with E-state index in [0.717, 1.165) is 47.4 Å². The normalized spacial score (nSPS) is 17.4. The second-order valence-electron chi connectivity index (χ2n) is 4.94. The Morgan fingerprint density at radius 2 is 2.06 bits per heavy atom. The molecular formula is C13H17N3OS. The standard InChI is InChI=1S/C13H17N3OS/c1-8-6-11-10(7-12(8)18)15-13(17)16(11)9-2-4-14-5-3-9/h6-7,9,14,18H,2-5H2,1H3,(H,15,17). The van der Waals surface area contributed by atoms with Crippen LogP contribution in [0.5, 0.6) is 0 Å². The second kappa shape index (κ2) is 4.48. The number of aromatic nitrogens is 2. The van der Waals surface area contributed by atoms with Crippen molar-refractivity contribution < 1.29 is 0 Å². The van der Waals surface area contributed by atoms with Crippen molar-refractivity contribution in [2.75, 3.05) is 13.1 Å². The van der Waals surface area contributed by atoms with Gasteiger partial charge in [0.05, 0.1) is 11.0 Å². The highest BCUT2D eigenvalue weighted by Gasteiger charge is 2.19. The smallest absolute Gasteiger partial charge is 0.317 e. The zero-order valence-corrected chi connectivity index (χ0v) is 11.3. The van der Waals surface area contributed by atoms with E-state index in [1.807, 2.05) is 17.6 Å². The monoisotopic (exact) mass is 263 g/mol. The fourth-order valence-electron chi connectivity index (χ4n) is 2.69. The van der Waals surface area contributed by atoms with Crippen molar-refractivity contribution in [2.45, 2.75) is 30.7 Å². The highest BCUT2D eigenvalue weighted by atomic mass is 32.1. The quantitative estimate of drug-likeness (QED) is 0.688. The molecule has 18 heavy (non-hydrogen) atoms. The molecule has 0 saturated carbocycles. The third-order valence-corrected chi connectivity index (χ3v) is 4.19. The number of imidazole rings is 1. The van der Waals surface area contributed by atoms with Gasteiger partial charge in [0.2, 0.25) is 0 Å². The van der Waals surface area contributed by atoms with Gasteiger partial charge in [-0.1, -0.05) is 0 Å². The van der Waals surface area contributed by atoms with Crippen LogP contribution in [-0.2, 0) is 0 Å². The molecular weight excluding hydrogens is 246 g/mol. The van der Waals surface area contributed by atoms with E-state index in [9.17, 15) is 4.79 Å². The maximum Gasteiger partial charge on any atom is 0.326 e. The summed E-state index contributed by atoms with van der Waals surface area (Å²) in [7, 11) is 0. The van der Waals surface area contributed by atoms with Gasteiger partial charge in [-0.15, -0.1) is 12.6 Å². The Balaban J connectivity index is 2.18. The molecule has 1 aliphatic rings. The molecule has 3 rings (SSSR count). The predicted molar refractivity (Wildman–Crippen MR) is 75.7 cm³/mol. The second-order valence-corrected chi connectivity index (χ2v) is 5.42. The van der Waals surface area contributed by atoms with Crippen molar-refractivity contribution in [1.29, 1.82) is 0 Å². The van der Waals surface area contributed by atoms with E-state index in [4.69, 9.17) is 0 Å². The van der Waals surface area contributed by atoms with Gasteiger partial charge in [0, 0.05) is 10.9 Å². The third kappa shape index (κ3) is 1.87. The van der Waals surface area contributed by atoms with Gasteiger partial charge in [-0.25, -0.2) is 4.79 Å². The summed E-state index contributed by atoms with van der Waals surface area (Å²) in [6, 6.07) is 4.29. The topological polar surface area (TPSA) is 49.8 Å². The van der Waals surface area contributed by atoms with E-state index in [1.54, 1.807) is 0 Å². The minimum atomic E-state index is -0.00441. The molecule has 1 saturated heterocycles. The Morgan fingerprint density at radius 3 is 2.78 bits per heavy atom. The van der Waals surface area contributed by atoms with Crippen LogP contribution in [-0.4, -0.2) is 22.6 Å². The van der Waals surface area contributed by atoms with Crippen molar-refractivity contribution in [1.82, 2.24) is 14.9 Å². The number of piperidine rings is 1. The first-order chi connectivity index (χ1) is 8.66. The van der Waals surface area contributed by atoms with Crippen LogP contribution in [0.25, 0.3) is 11.0 Å². The Morgan fingerprint density at radius 1 is 1.33 bits per heavy atom. The average Bonchev–Trinajstić information content (AvgIpc) is 2.66. The highest BCUT2D eigenvalue weighted by molar-refractivity contribution is 7.80. The van der Waals surface area contributed by atoms with Crippen LogP contribution in [0.2, 0.25) is 0 Å². The Hall–Kier alpha value is -1.20. The summed E-state index contributed by atoms with van der Waals surface area (Å²) in [4.78, 5) is 16.0. The van der Waals surface area contributed by atoms with Crippen LogP contribution >= 0.6 is 12.6 Å². The van der Waals surface area contributed by atoms with Crippen LogP contribution in [0.15, 0.2) is 21.8 Å². The number of hydrogen-bond donors (Lipinski definition) is 3. The fraction of sp³-hybridized carbons (Fsp3) is 0.462. The van der Waals surface area contributed by atoms with Crippen LogP contribution in [0, 0.1) is 6.92 Å². The first-order valence-corrected chi connectivity index (χ1v) is 6.76. The summed E-state index contributed by atoms with van der Waals surface area (Å²) >= 11 is 4.40. The van der Waals surface area contributed by atoms with E-state index >= 15 is 0 Å². The van der Waals surface area contributed by atoms with E-state index in [1.165, 1.54) is 0 Å². The van der Waals surface area contributed by atoms with Gasteiger partial charge >= 0.3 is 5.69 Å². The molecule has 0 atom stereocenters. The van der Waals surface area contributed by atoms with Gasteiger partial charge in [-0.3, -0.25) is 4.57 Å². The van der Waals surface area contributed by atoms with Gasteiger partial charge in [0.15, 0.2) is 0 Å². The van der Waals surface area contributed by atoms with Crippen LogP contribution < -0.4 is 11.0 Å².